The van der Waals surface area contributed by atoms with Gasteiger partial charge >= 0.3 is 0 Å². The van der Waals surface area contributed by atoms with Gasteiger partial charge in [0.2, 0.25) is 0 Å². The monoisotopic (exact) mass is 550 g/mol. The fraction of sp³-hybridized carbons (Fsp3) is 0.148. The lowest BCUT2D eigenvalue weighted by Crippen LogP contribution is -2.27. The molecule has 4 rings (SSSR count). The first-order valence-electron chi connectivity index (χ1n) is 10.9. The number of imide groups is 1. The third-order valence-electron chi connectivity index (χ3n) is 5.22. The van der Waals surface area contributed by atoms with Crippen LogP contribution in [0.5, 0.6) is 5.75 Å². The highest BCUT2D eigenvalue weighted by atomic mass is 79.9. The van der Waals surface area contributed by atoms with Gasteiger partial charge in [0, 0.05) is 15.7 Å². The number of nitrogens with one attached hydrogen (secondary N) is 1. The average Bonchev–Trinajstić information content (AvgIpc) is 3.06. The molecule has 0 atom stereocenters. The lowest BCUT2D eigenvalue weighted by atomic mass is 10.1. The number of nitrogens with zero attached hydrogens (tertiary/aromatic N) is 1. The van der Waals surface area contributed by atoms with Crippen LogP contribution < -0.4 is 10.1 Å². The molecule has 178 valence electrons. The summed E-state index contributed by atoms with van der Waals surface area (Å²) in [6, 6.07) is 20.5. The number of thioether (sulfide) groups is 1. The molecule has 3 amide bonds. The Morgan fingerprint density at radius 2 is 1.77 bits per heavy atom. The van der Waals surface area contributed by atoms with Gasteiger partial charge in [0.15, 0.2) is 6.61 Å². The number of hydrogen-bond acceptors (Lipinski definition) is 5. The van der Waals surface area contributed by atoms with Crippen molar-refractivity contribution in [2.45, 2.75) is 20.4 Å². The zero-order valence-electron chi connectivity index (χ0n) is 19.2. The quantitative estimate of drug-likeness (QED) is 0.348. The molecule has 3 aromatic rings. The highest BCUT2D eigenvalue weighted by molar-refractivity contribution is 9.10. The van der Waals surface area contributed by atoms with Crippen molar-refractivity contribution >= 4 is 56.5 Å². The zero-order chi connectivity index (χ0) is 24.9. The molecule has 1 heterocycles. The van der Waals surface area contributed by atoms with E-state index in [-0.39, 0.29) is 30.2 Å². The number of benzene rings is 3. The van der Waals surface area contributed by atoms with Gasteiger partial charge in [-0.2, -0.15) is 0 Å². The second-order valence-corrected chi connectivity index (χ2v) is 10.1. The predicted octanol–water partition coefficient (Wildman–Crippen LogP) is 6.32. The standard InChI is InChI=1S/C27H23BrN2O4S/c1-17-5-3-7-19(11-17)15-30-26(32)24(35-27(30)33)14-20-13-21(28)9-10-23(20)34-16-25(31)29-22-8-4-6-18(2)12-22/h3-14H,15-16H2,1-2H3,(H,29,31)/b24-14-. The van der Waals surface area contributed by atoms with E-state index in [0.717, 1.165) is 32.9 Å². The van der Waals surface area contributed by atoms with Crippen molar-refractivity contribution in [3.8, 4) is 5.75 Å². The number of carbonyl (C=O) groups excluding carboxylic acids is 3. The highest BCUT2D eigenvalue weighted by Crippen LogP contribution is 2.35. The van der Waals surface area contributed by atoms with Gasteiger partial charge in [-0.05, 0) is 73.1 Å². The summed E-state index contributed by atoms with van der Waals surface area (Å²) >= 11 is 4.32. The first-order chi connectivity index (χ1) is 16.8. The molecule has 1 fully saturated rings. The van der Waals surface area contributed by atoms with Crippen molar-refractivity contribution < 1.29 is 19.1 Å². The predicted molar refractivity (Wildman–Crippen MR) is 142 cm³/mol. The Kier molecular flexibility index (Phi) is 7.73. The van der Waals surface area contributed by atoms with Gasteiger partial charge < -0.3 is 10.1 Å². The van der Waals surface area contributed by atoms with Crippen LogP contribution in [-0.2, 0) is 16.1 Å². The minimum Gasteiger partial charge on any atom is -0.483 e. The lowest BCUT2D eigenvalue weighted by molar-refractivity contribution is -0.123. The minimum atomic E-state index is -0.357. The van der Waals surface area contributed by atoms with Gasteiger partial charge in [0.1, 0.15) is 5.75 Å². The summed E-state index contributed by atoms with van der Waals surface area (Å²) in [6.45, 7) is 3.92. The molecule has 0 aliphatic carbocycles. The third-order valence-corrected chi connectivity index (χ3v) is 6.62. The number of anilines is 1. The number of halogens is 1. The summed E-state index contributed by atoms with van der Waals surface area (Å²) in [6.07, 6.45) is 1.62. The van der Waals surface area contributed by atoms with E-state index in [1.807, 2.05) is 62.4 Å². The zero-order valence-corrected chi connectivity index (χ0v) is 21.6. The van der Waals surface area contributed by atoms with Gasteiger partial charge in [0.25, 0.3) is 17.1 Å². The first-order valence-corrected chi connectivity index (χ1v) is 12.5. The Morgan fingerprint density at radius 3 is 2.51 bits per heavy atom. The molecule has 0 radical (unpaired) electrons. The minimum absolute atomic E-state index is 0.203. The summed E-state index contributed by atoms with van der Waals surface area (Å²) < 4.78 is 6.55. The number of hydrogen-bond donors (Lipinski definition) is 1. The SMILES string of the molecule is Cc1cccc(CN2C(=O)S/C(=C\c3cc(Br)ccc3OCC(=O)Nc3cccc(C)c3)C2=O)c1. The molecule has 8 heteroatoms. The number of carbonyl (C=O) groups is 3. The van der Waals surface area contributed by atoms with E-state index in [1.165, 1.54) is 4.90 Å². The molecular formula is C27H23BrN2O4S. The van der Waals surface area contributed by atoms with Crippen molar-refractivity contribution in [1.29, 1.82) is 0 Å². The maximum Gasteiger partial charge on any atom is 0.293 e. The number of amides is 3. The molecule has 0 spiro atoms. The topological polar surface area (TPSA) is 75.7 Å². The molecule has 1 aliphatic heterocycles. The maximum absolute atomic E-state index is 13.0. The summed E-state index contributed by atoms with van der Waals surface area (Å²) in [5.74, 6) is -0.231. The van der Waals surface area contributed by atoms with E-state index in [0.29, 0.717) is 21.9 Å². The van der Waals surface area contributed by atoms with Crippen LogP contribution in [0.3, 0.4) is 0 Å². The molecule has 0 bridgehead atoms. The molecule has 1 aliphatic rings. The lowest BCUT2D eigenvalue weighted by Gasteiger charge is -2.13. The smallest absolute Gasteiger partial charge is 0.293 e. The summed E-state index contributed by atoms with van der Waals surface area (Å²) in [5.41, 5.74) is 4.27. The summed E-state index contributed by atoms with van der Waals surface area (Å²) in [5, 5.41) is 2.48. The van der Waals surface area contributed by atoms with Gasteiger partial charge in [0.05, 0.1) is 11.4 Å². The van der Waals surface area contributed by atoms with Crippen LogP contribution >= 0.6 is 27.7 Å². The van der Waals surface area contributed by atoms with Crippen LogP contribution in [0.15, 0.2) is 76.1 Å². The molecule has 6 nitrogen and oxygen atoms in total. The first kappa shape index (κ1) is 24.8. The van der Waals surface area contributed by atoms with Crippen molar-refractivity contribution in [2.24, 2.45) is 0 Å². The fourth-order valence-corrected chi connectivity index (χ4v) is 4.81. The van der Waals surface area contributed by atoms with E-state index in [9.17, 15) is 14.4 Å². The van der Waals surface area contributed by atoms with Gasteiger partial charge in [-0.1, -0.05) is 57.9 Å². The largest absolute Gasteiger partial charge is 0.483 e. The van der Waals surface area contributed by atoms with Crippen molar-refractivity contribution in [3.63, 3.8) is 0 Å². The van der Waals surface area contributed by atoms with Gasteiger partial charge in [-0.15, -0.1) is 0 Å². The van der Waals surface area contributed by atoms with Crippen molar-refractivity contribution in [3.05, 3.63) is 98.4 Å². The van der Waals surface area contributed by atoms with Gasteiger partial charge in [-0.25, -0.2) is 0 Å². The molecular weight excluding hydrogens is 528 g/mol. The normalized spacial score (nSPS) is 14.5. The van der Waals surface area contributed by atoms with Crippen LogP contribution in [0.4, 0.5) is 10.5 Å². The second-order valence-electron chi connectivity index (χ2n) is 8.15. The average molecular weight is 551 g/mol. The van der Waals surface area contributed by atoms with E-state index in [4.69, 9.17) is 4.74 Å². The summed E-state index contributed by atoms with van der Waals surface area (Å²) in [7, 11) is 0. The number of ether oxygens (including phenoxy) is 1. The van der Waals surface area contributed by atoms with E-state index < -0.39 is 0 Å². The summed E-state index contributed by atoms with van der Waals surface area (Å²) in [4.78, 5) is 39.5. The Morgan fingerprint density at radius 1 is 1.03 bits per heavy atom. The molecule has 0 aromatic heterocycles. The second kappa shape index (κ2) is 10.9. The van der Waals surface area contributed by atoms with E-state index >= 15 is 0 Å². The van der Waals surface area contributed by atoms with Crippen LogP contribution in [0.1, 0.15) is 22.3 Å². The number of rotatable bonds is 7. The molecule has 1 N–H and O–H groups in total. The Labute approximate surface area is 216 Å². The Bertz CT molecular complexity index is 1340. The fourth-order valence-electron chi connectivity index (χ4n) is 3.60. The third kappa shape index (κ3) is 6.41. The van der Waals surface area contributed by atoms with E-state index in [2.05, 4.69) is 21.2 Å². The van der Waals surface area contributed by atoms with Crippen molar-refractivity contribution in [1.82, 2.24) is 4.90 Å². The van der Waals surface area contributed by atoms with Gasteiger partial charge in [-0.3, -0.25) is 19.3 Å². The molecule has 0 unspecified atom stereocenters. The van der Waals surface area contributed by atoms with Crippen molar-refractivity contribution in [2.75, 3.05) is 11.9 Å². The Hall–Kier alpha value is -3.36. The highest BCUT2D eigenvalue weighted by Gasteiger charge is 2.35. The van der Waals surface area contributed by atoms with Crippen LogP contribution in [0, 0.1) is 13.8 Å². The van der Waals surface area contributed by atoms with Crippen LogP contribution in [0.2, 0.25) is 0 Å². The molecule has 3 aromatic carbocycles. The Balaban J connectivity index is 1.48. The molecule has 35 heavy (non-hydrogen) atoms. The maximum atomic E-state index is 13.0. The molecule has 1 saturated heterocycles. The number of aryl methyl sites for hydroxylation is 2. The molecule has 0 saturated carbocycles. The van der Waals surface area contributed by atoms with Crippen LogP contribution in [-0.4, -0.2) is 28.6 Å². The van der Waals surface area contributed by atoms with E-state index in [1.54, 1.807) is 24.3 Å². The van der Waals surface area contributed by atoms with Crippen LogP contribution in [0.25, 0.3) is 6.08 Å².